The molecule has 1 aromatic carbocycles. The van der Waals surface area contributed by atoms with Crippen LogP contribution in [-0.4, -0.2) is 11.8 Å². The summed E-state index contributed by atoms with van der Waals surface area (Å²) in [6.45, 7) is 5.79. The number of imide groups is 1. The first kappa shape index (κ1) is 11.8. The molecule has 2 amide bonds. The molecule has 0 unspecified atom stereocenters. The number of para-hydroxylation sites is 1. The molecule has 90 valence electrons. The van der Waals surface area contributed by atoms with E-state index in [9.17, 15) is 9.59 Å². The highest BCUT2D eigenvalue weighted by Gasteiger charge is 2.37. The third-order valence-corrected chi connectivity index (χ3v) is 3.30. The molecule has 2 rings (SSSR count). The van der Waals surface area contributed by atoms with Crippen LogP contribution in [0.15, 0.2) is 18.2 Å². The highest BCUT2D eigenvalue weighted by Crippen LogP contribution is 2.32. The Morgan fingerprint density at radius 3 is 2.59 bits per heavy atom. The van der Waals surface area contributed by atoms with Crippen LogP contribution in [0.2, 0.25) is 0 Å². The molecule has 0 saturated carbocycles. The van der Waals surface area contributed by atoms with Gasteiger partial charge in [0.25, 0.3) is 0 Å². The zero-order valence-corrected chi connectivity index (χ0v) is 10.5. The van der Waals surface area contributed by atoms with E-state index in [1.807, 2.05) is 39.0 Å². The summed E-state index contributed by atoms with van der Waals surface area (Å²) in [5.74, 6) is -0.336. The van der Waals surface area contributed by atoms with Gasteiger partial charge in [0.05, 0.1) is 5.69 Å². The summed E-state index contributed by atoms with van der Waals surface area (Å²) in [6.07, 6.45) is 1.15. The molecule has 1 saturated heterocycles. The van der Waals surface area contributed by atoms with E-state index in [1.54, 1.807) is 0 Å². The molecule has 1 aliphatic rings. The Morgan fingerprint density at radius 1 is 1.35 bits per heavy atom. The van der Waals surface area contributed by atoms with Crippen LogP contribution in [0, 0.1) is 12.8 Å². The largest absolute Gasteiger partial charge is 0.274 e. The second-order valence-corrected chi connectivity index (χ2v) is 4.61. The fourth-order valence-corrected chi connectivity index (χ4v) is 2.34. The van der Waals surface area contributed by atoms with Gasteiger partial charge >= 0.3 is 0 Å². The van der Waals surface area contributed by atoms with Gasteiger partial charge in [-0.15, -0.1) is 0 Å². The molecular weight excluding hydrogens is 214 g/mol. The maximum atomic E-state index is 12.0. The topological polar surface area (TPSA) is 37.4 Å². The molecule has 0 radical (unpaired) electrons. The van der Waals surface area contributed by atoms with Crippen molar-refractivity contribution in [3.8, 4) is 0 Å². The molecule has 0 N–H and O–H groups in total. The molecule has 0 aromatic heterocycles. The van der Waals surface area contributed by atoms with Crippen LogP contribution in [0.4, 0.5) is 5.69 Å². The smallest absolute Gasteiger partial charge is 0.237 e. The predicted octanol–water partition coefficient (Wildman–Crippen LogP) is 2.46. The maximum absolute atomic E-state index is 12.0. The van der Waals surface area contributed by atoms with Crippen LogP contribution in [0.25, 0.3) is 0 Å². The Morgan fingerprint density at radius 2 is 2.06 bits per heavy atom. The Balaban J connectivity index is 2.54. The minimum atomic E-state index is -0.188. The van der Waals surface area contributed by atoms with E-state index >= 15 is 0 Å². The average Bonchev–Trinajstić information content (AvgIpc) is 2.54. The van der Waals surface area contributed by atoms with Crippen molar-refractivity contribution in [2.75, 3.05) is 4.90 Å². The van der Waals surface area contributed by atoms with Gasteiger partial charge in [0.1, 0.15) is 0 Å². The maximum Gasteiger partial charge on any atom is 0.237 e. The van der Waals surface area contributed by atoms with Crippen molar-refractivity contribution < 1.29 is 9.59 Å². The van der Waals surface area contributed by atoms with E-state index in [0.717, 1.165) is 23.2 Å². The summed E-state index contributed by atoms with van der Waals surface area (Å²) < 4.78 is 0. The van der Waals surface area contributed by atoms with E-state index in [1.165, 1.54) is 4.90 Å². The van der Waals surface area contributed by atoms with Gasteiger partial charge in [-0.25, -0.2) is 4.90 Å². The van der Waals surface area contributed by atoms with Gasteiger partial charge < -0.3 is 0 Å². The van der Waals surface area contributed by atoms with Crippen LogP contribution < -0.4 is 4.90 Å². The van der Waals surface area contributed by atoms with Crippen LogP contribution in [0.5, 0.6) is 0 Å². The Kier molecular flexibility index (Phi) is 3.01. The first-order valence-electron chi connectivity index (χ1n) is 6.01. The number of benzene rings is 1. The standard InChI is InChI=1S/C14H17NO2/c1-4-11-7-5-6-9(2)13(11)15-12(16)8-10(3)14(15)17/h5-7,10H,4,8H2,1-3H3/t10-/m1/s1. The highest BCUT2D eigenvalue weighted by atomic mass is 16.2. The molecule has 3 heteroatoms. The number of hydrogen-bond donors (Lipinski definition) is 0. The molecule has 1 heterocycles. The first-order chi connectivity index (χ1) is 8.06. The van der Waals surface area contributed by atoms with Gasteiger partial charge in [-0.3, -0.25) is 9.59 Å². The van der Waals surface area contributed by atoms with E-state index in [2.05, 4.69) is 0 Å². The van der Waals surface area contributed by atoms with Gasteiger partial charge in [-0.2, -0.15) is 0 Å². The SMILES string of the molecule is CCc1cccc(C)c1N1C(=O)C[C@@H](C)C1=O. The van der Waals surface area contributed by atoms with Gasteiger partial charge in [-0.1, -0.05) is 32.0 Å². The van der Waals surface area contributed by atoms with Crippen molar-refractivity contribution in [3.63, 3.8) is 0 Å². The summed E-state index contributed by atoms with van der Waals surface area (Å²) >= 11 is 0. The lowest BCUT2D eigenvalue weighted by Gasteiger charge is -2.20. The molecule has 0 spiro atoms. The molecule has 0 bridgehead atoms. The average molecular weight is 231 g/mol. The number of nitrogens with zero attached hydrogens (tertiary/aromatic N) is 1. The van der Waals surface area contributed by atoms with Crippen LogP contribution in [-0.2, 0) is 16.0 Å². The van der Waals surface area contributed by atoms with Gasteiger partial charge in [0, 0.05) is 12.3 Å². The predicted molar refractivity (Wildman–Crippen MR) is 66.8 cm³/mol. The van der Waals surface area contributed by atoms with E-state index in [0.29, 0.717) is 6.42 Å². The molecular formula is C14H17NO2. The highest BCUT2D eigenvalue weighted by molar-refractivity contribution is 6.21. The Labute approximate surface area is 101 Å². The van der Waals surface area contributed by atoms with Crippen LogP contribution in [0.3, 0.4) is 0 Å². The van der Waals surface area contributed by atoms with E-state index in [4.69, 9.17) is 0 Å². The minimum Gasteiger partial charge on any atom is -0.274 e. The molecule has 1 atom stereocenters. The van der Waals surface area contributed by atoms with Crippen LogP contribution in [0.1, 0.15) is 31.4 Å². The molecule has 1 aliphatic heterocycles. The molecule has 3 nitrogen and oxygen atoms in total. The van der Waals surface area contributed by atoms with Crippen molar-refractivity contribution >= 4 is 17.5 Å². The quantitative estimate of drug-likeness (QED) is 0.733. The summed E-state index contributed by atoms with van der Waals surface area (Å²) in [7, 11) is 0. The first-order valence-corrected chi connectivity index (χ1v) is 6.01. The summed E-state index contributed by atoms with van der Waals surface area (Å²) in [5.41, 5.74) is 2.84. The number of amides is 2. The fraction of sp³-hybridized carbons (Fsp3) is 0.429. The van der Waals surface area contributed by atoms with Crippen molar-refractivity contribution in [2.45, 2.75) is 33.6 Å². The van der Waals surface area contributed by atoms with Crippen molar-refractivity contribution in [1.82, 2.24) is 0 Å². The minimum absolute atomic E-state index is 0.0704. The molecule has 17 heavy (non-hydrogen) atoms. The molecule has 0 aliphatic carbocycles. The Bertz CT molecular complexity index is 479. The molecule has 1 fully saturated rings. The summed E-state index contributed by atoms with van der Waals surface area (Å²) in [6, 6.07) is 5.88. The van der Waals surface area contributed by atoms with Gasteiger partial charge in [-0.05, 0) is 24.5 Å². The summed E-state index contributed by atoms with van der Waals surface area (Å²) in [4.78, 5) is 25.3. The summed E-state index contributed by atoms with van der Waals surface area (Å²) in [5, 5.41) is 0. The van der Waals surface area contributed by atoms with Gasteiger partial charge in [0.15, 0.2) is 0 Å². The number of rotatable bonds is 2. The monoisotopic (exact) mass is 231 g/mol. The number of hydrogen-bond acceptors (Lipinski definition) is 2. The second kappa shape index (κ2) is 4.32. The number of aryl methyl sites for hydroxylation is 2. The zero-order chi connectivity index (χ0) is 12.6. The third-order valence-electron chi connectivity index (χ3n) is 3.30. The number of carbonyl (C=O) groups excluding carboxylic acids is 2. The fourth-order valence-electron chi connectivity index (χ4n) is 2.34. The van der Waals surface area contributed by atoms with Gasteiger partial charge in [0.2, 0.25) is 11.8 Å². The van der Waals surface area contributed by atoms with E-state index < -0.39 is 0 Å². The second-order valence-electron chi connectivity index (χ2n) is 4.61. The number of anilines is 1. The lowest BCUT2D eigenvalue weighted by Crippen LogP contribution is -2.31. The molecule has 1 aromatic rings. The van der Waals surface area contributed by atoms with Crippen molar-refractivity contribution in [1.29, 1.82) is 0 Å². The Hall–Kier alpha value is -1.64. The lowest BCUT2D eigenvalue weighted by atomic mass is 10.0. The normalized spacial score (nSPS) is 20.2. The van der Waals surface area contributed by atoms with Crippen molar-refractivity contribution in [3.05, 3.63) is 29.3 Å². The van der Waals surface area contributed by atoms with E-state index in [-0.39, 0.29) is 17.7 Å². The third kappa shape index (κ3) is 1.86. The number of carbonyl (C=O) groups is 2. The lowest BCUT2D eigenvalue weighted by molar-refractivity contribution is -0.122. The van der Waals surface area contributed by atoms with Crippen LogP contribution >= 0.6 is 0 Å². The van der Waals surface area contributed by atoms with Crippen molar-refractivity contribution in [2.24, 2.45) is 5.92 Å². The zero-order valence-electron chi connectivity index (χ0n) is 10.5.